The number of unbranched alkanes of at least 4 members (excludes halogenated alkanes) is 12. The van der Waals surface area contributed by atoms with E-state index < -0.39 is 0 Å². The van der Waals surface area contributed by atoms with Crippen LogP contribution in [-0.2, 0) is 0 Å². The van der Waals surface area contributed by atoms with Gasteiger partial charge in [-0.2, -0.15) is 5.10 Å². The van der Waals surface area contributed by atoms with Crippen LogP contribution in [0.25, 0.3) is 0 Å². The van der Waals surface area contributed by atoms with Crippen LogP contribution in [0.4, 0.5) is 0 Å². The summed E-state index contributed by atoms with van der Waals surface area (Å²) >= 11 is 0. The molecule has 2 nitrogen and oxygen atoms in total. The molecule has 0 spiro atoms. The second-order valence-corrected chi connectivity index (χ2v) is 12.5. The van der Waals surface area contributed by atoms with Crippen molar-refractivity contribution in [2.45, 2.75) is 193 Å². The topological polar surface area (TPSA) is 24.4 Å². The molecule has 1 heterocycles. The monoisotopic (exact) mass is 515 g/mol. The van der Waals surface area contributed by atoms with Crippen LogP contribution < -0.4 is 5.43 Å². The number of hydrazone groups is 1. The minimum atomic E-state index is 0.911. The van der Waals surface area contributed by atoms with Crippen LogP contribution >= 0.6 is 0 Å². The average molecular weight is 515 g/mol. The van der Waals surface area contributed by atoms with Gasteiger partial charge in [-0.3, -0.25) is 0 Å². The Morgan fingerprint density at radius 3 is 1.89 bits per heavy atom. The molecule has 0 aromatic carbocycles. The quantitative estimate of drug-likeness (QED) is 0.216. The van der Waals surface area contributed by atoms with E-state index in [9.17, 15) is 0 Å². The molecule has 0 amide bonds. The number of hydrogen-bond acceptors (Lipinski definition) is 2. The summed E-state index contributed by atoms with van der Waals surface area (Å²) in [5.74, 6) is 0.911. The molecule has 2 heteroatoms. The van der Waals surface area contributed by atoms with E-state index in [0.29, 0.717) is 0 Å². The van der Waals surface area contributed by atoms with Crippen molar-refractivity contribution in [1.29, 1.82) is 0 Å². The maximum absolute atomic E-state index is 5.00. The highest BCUT2D eigenvalue weighted by atomic mass is 15.3. The SMILES string of the molecule is CCCCCCCCCCCCCCCC1CCCCCC(/C2=C/CCCCCCCCC2)=N\NCC1. The fourth-order valence-corrected chi connectivity index (χ4v) is 6.48. The molecule has 1 aliphatic carbocycles. The highest BCUT2D eigenvalue weighted by molar-refractivity contribution is 5.99. The van der Waals surface area contributed by atoms with Gasteiger partial charge >= 0.3 is 0 Å². The first-order chi connectivity index (χ1) is 18.4. The van der Waals surface area contributed by atoms with E-state index in [-0.39, 0.29) is 0 Å². The molecular weight excluding hydrogens is 448 g/mol. The van der Waals surface area contributed by atoms with E-state index in [4.69, 9.17) is 5.10 Å². The van der Waals surface area contributed by atoms with Crippen LogP contribution in [0.1, 0.15) is 193 Å². The Morgan fingerprint density at radius 1 is 0.622 bits per heavy atom. The Bertz CT molecular complexity index is 564. The summed E-state index contributed by atoms with van der Waals surface area (Å²) in [4.78, 5) is 0. The lowest BCUT2D eigenvalue weighted by atomic mass is 9.91. The van der Waals surface area contributed by atoms with Gasteiger partial charge in [-0.25, -0.2) is 0 Å². The van der Waals surface area contributed by atoms with Crippen molar-refractivity contribution in [3.63, 3.8) is 0 Å². The van der Waals surface area contributed by atoms with Crippen molar-refractivity contribution >= 4 is 5.71 Å². The lowest BCUT2D eigenvalue weighted by molar-refractivity contribution is 0.377. The molecule has 0 aromatic rings. The Kier molecular flexibility index (Phi) is 21.3. The molecule has 1 aliphatic heterocycles. The zero-order valence-electron chi connectivity index (χ0n) is 25.3. The van der Waals surface area contributed by atoms with Gasteiger partial charge in [-0.1, -0.05) is 154 Å². The van der Waals surface area contributed by atoms with Gasteiger partial charge in [-0.05, 0) is 56.4 Å². The van der Waals surface area contributed by atoms with Crippen LogP contribution in [0.15, 0.2) is 16.8 Å². The molecule has 0 aromatic heterocycles. The summed E-state index contributed by atoms with van der Waals surface area (Å²) in [6, 6.07) is 0. The average Bonchev–Trinajstić information content (AvgIpc) is 3.01. The van der Waals surface area contributed by atoms with E-state index in [1.165, 1.54) is 192 Å². The van der Waals surface area contributed by atoms with Gasteiger partial charge in [0, 0.05) is 6.54 Å². The van der Waals surface area contributed by atoms with Gasteiger partial charge < -0.3 is 5.43 Å². The Morgan fingerprint density at radius 2 is 1.19 bits per heavy atom. The highest BCUT2D eigenvalue weighted by Crippen LogP contribution is 2.24. The molecule has 0 saturated carbocycles. The largest absolute Gasteiger partial charge is 0.310 e. The second-order valence-electron chi connectivity index (χ2n) is 12.5. The molecule has 1 N–H and O–H groups in total. The van der Waals surface area contributed by atoms with Gasteiger partial charge in [0.2, 0.25) is 0 Å². The Labute approximate surface area is 233 Å². The lowest BCUT2D eigenvalue weighted by Gasteiger charge is -2.16. The summed E-state index contributed by atoms with van der Waals surface area (Å²) in [6.07, 6.45) is 43.4. The van der Waals surface area contributed by atoms with Gasteiger partial charge in [-0.15, -0.1) is 0 Å². The fourth-order valence-electron chi connectivity index (χ4n) is 6.48. The molecule has 2 aliphatic rings. The maximum atomic E-state index is 5.00. The molecule has 0 radical (unpaired) electrons. The molecule has 1 unspecified atom stereocenters. The standard InChI is InChI=1S/C35H66N2/c1-2-3-4-5-6-7-8-9-10-11-14-17-21-26-33-27-22-20-25-30-35(37-36-32-31-33)34-28-23-18-15-12-13-16-19-24-29-34/h28,33,36H,2-27,29-32H2,1H3/b34-28+,37-35+. The minimum absolute atomic E-state index is 0.911. The predicted molar refractivity (Wildman–Crippen MR) is 167 cm³/mol. The van der Waals surface area contributed by atoms with Crippen LogP contribution in [0.3, 0.4) is 0 Å². The van der Waals surface area contributed by atoms with E-state index in [1.54, 1.807) is 5.57 Å². The maximum Gasteiger partial charge on any atom is 0.0631 e. The smallest absolute Gasteiger partial charge is 0.0631 e. The van der Waals surface area contributed by atoms with Crippen LogP contribution in [0.2, 0.25) is 0 Å². The third kappa shape index (κ3) is 18.2. The van der Waals surface area contributed by atoms with Crippen molar-refractivity contribution < 1.29 is 0 Å². The van der Waals surface area contributed by atoms with Crippen LogP contribution in [-0.4, -0.2) is 12.3 Å². The molecular formula is C35H66N2. The third-order valence-electron chi connectivity index (χ3n) is 9.03. The minimum Gasteiger partial charge on any atom is -0.310 e. The van der Waals surface area contributed by atoms with Crippen molar-refractivity contribution in [2.75, 3.05) is 6.54 Å². The van der Waals surface area contributed by atoms with Gasteiger partial charge in [0.1, 0.15) is 0 Å². The number of allylic oxidation sites excluding steroid dienone is 2. The predicted octanol–water partition coefficient (Wildman–Crippen LogP) is 11.8. The summed E-state index contributed by atoms with van der Waals surface area (Å²) in [6.45, 7) is 3.38. The first-order valence-corrected chi connectivity index (χ1v) is 17.4. The molecule has 1 atom stereocenters. The molecule has 0 fully saturated rings. The summed E-state index contributed by atoms with van der Waals surface area (Å²) < 4.78 is 0. The van der Waals surface area contributed by atoms with E-state index in [0.717, 1.165) is 12.5 Å². The van der Waals surface area contributed by atoms with Crippen LogP contribution in [0, 0.1) is 5.92 Å². The zero-order valence-corrected chi connectivity index (χ0v) is 25.3. The summed E-state index contributed by atoms with van der Waals surface area (Å²) in [5, 5.41) is 5.00. The first-order valence-electron chi connectivity index (χ1n) is 17.4. The first kappa shape index (κ1) is 32.4. The van der Waals surface area contributed by atoms with Gasteiger partial charge in [0.25, 0.3) is 0 Å². The number of nitrogens with zero attached hydrogens (tertiary/aromatic N) is 1. The third-order valence-corrected chi connectivity index (χ3v) is 9.03. The molecule has 216 valence electrons. The van der Waals surface area contributed by atoms with E-state index in [1.807, 2.05) is 0 Å². The zero-order chi connectivity index (χ0) is 26.1. The number of nitrogens with one attached hydrogen (secondary N) is 1. The van der Waals surface area contributed by atoms with Gasteiger partial charge in [0.05, 0.1) is 5.71 Å². The number of hydrogen-bond donors (Lipinski definition) is 1. The Hall–Kier alpha value is -0.790. The molecule has 0 saturated heterocycles. The van der Waals surface area contributed by atoms with Crippen molar-refractivity contribution in [3.8, 4) is 0 Å². The lowest BCUT2D eigenvalue weighted by Crippen LogP contribution is -2.16. The van der Waals surface area contributed by atoms with Crippen molar-refractivity contribution in [1.82, 2.24) is 5.43 Å². The molecule has 2 rings (SSSR count). The van der Waals surface area contributed by atoms with Crippen molar-refractivity contribution in [3.05, 3.63) is 11.6 Å². The normalized spacial score (nSPS) is 24.0. The number of rotatable bonds is 15. The highest BCUT2D eigenvalue weighted by Gasteiger charge is 2.13. The molecule has 0 bridgehead atoms. The summed E-state index contributed by atoms with van der Waals surface area (Å²) in [7, 11) is 0. The second kappa shape index (κ2) is 24.3. The van der Waals surface area contributed by atoms with Crippen LogP contribution in [0.5, 0.6) is 0 Å². The fraction of sp³-hybridized carbons (Fsp3) is 0.914. The van der Waals surface area contributed by atoms with E-state index in [2.05, 4.69) is 18.4 Å². The van der Waals surface area contributed by atoms with Gasteiger partial charge in [0.15, 0.2) is 0 Å². The van der Waals surface area contributed by atoms with Crippen molar-refractivity contribution in [2.24, 2.45) is 11.0 Å². The Balaban J connectivity index is 1.59. The van der Waals surface area contributed by atoms with E-state index >= 15 is 0 Å². The summed E-state index contributed by atoms with van der Waals surface area (Å²) in [5.41, 5.74) is 6.51. The molecule has 37 heavy (non-hydrogen) atoms.